The minimum Gasteiger partial charge on any atom is -0.369 e. The highest BCUT2D eigenvalue weighted by Gasteiger charge is 2.32. The third-order valence-electron chi connectivity index (χ3n) is 3.45. The average molecular weight is 299 g/mol. The number of alkyl halides is 3. The zero-order chi connectivity index (χ0) is 15.3. The van der Waals surface area contributed by atoms with E-state index in [0.29, 0.717) is 31.4 Å². The Morgan fingerprint density at radius 2 is 2.00 bits per heavy atom. The van der Waals surface area contributed by atoms with E-state index in [-0.39, 0.29) is 5.69 Å². The zero-order valence-corrected chi connectivity index (χ0v) is 11.4. The Kier molecular flexibility index (Phi) is 4.96. The summed E-state index contributed by atoms with van der Waals surface area (Å²) in [7, 11) is 0. The summed E-state index contributed by atoms with van der Waals surface area (Å²) in [5, 5.41) is 11.7. The predicted molar refractivity (Wildman–Crippen MR) is 70.5 cm³/mol. The number of likely N-dealkylation sites (tertiary alicyclic amines) is 1. The molecule has 8 heteroatoms. The number of nitriles is 1. The first kappa shape index (κ1) is 15.5. The Morgan fingerprint density at radius 1 is 1.29 bits per heavy atom. The van der Waals surface area contributed by atoms with Crippen LogP contribution in [0, 0.1) is 17.2 Å². The number of halogens is 3. The van der Waals surface area contributed by atoms with Gasteiger partial charge < -0.3 is 5.32 Å². The standard InChI is InChI=1S/C13H16F3N5/c14-13(15,16)9-21-3-1-10(2-4-21)6-19-12-8-18-11(5-17)7-20-12/h7-8,10H,1-4,6,9H2,(H,19,20). The van der Waals surface area contributed by atoms with Crippen molar-refractivity contribution in [3.63, 3.8) is 0 Å². The number of hydrogen-bond donors (Lipinski definition) is 1. The molecule has 1 aromatic heterocycles. The van der Waals surface area contributed by atoms with Crippen LogP contribution in [0.2, 0.25) is 0 Å². The van der Waals surface area contributed by atoms with E-state index in [9.17, 15) is 13.2 Å². The molecule has 1 fully saturated rings. The maximum Gasteiger partial charge on any atom is 0.401 e. The Labute approximate surface area is 120 Å². The predicted octanol–water partition coefficient (Wildman–Crippen LogP) is 2.03. The molecule has 0 spiro atoms. The Morgan fingerprint density at radius 3 is 2.52 bits per heavy atom. The SMILES string of the molecule is N#Cc1cnc(NCC2CCN(CC(F)(F)F)CC2)cn1. The minimum atomic E-state index is -4.12. The first-order chi connectivity index (χ1) is 9.96. The van der Waals surface area contributed by atoms with E-state index in [1.54, 1.807) is 0 Å². The molecular formula is C13H16F3N5. The lowest BCUT2D eigenvalue weighted by Crippen LogP contribution is -2.41. The molecule has 0 aromatic carbocycles. The molecule has 21 heavy (non-hydrogen) atoms. The molecule has 1 aliphatic heterocycles. The van der Waals surface area contributed by atoms with Gasteiger partial charge >= 0.3 is 6.18 Å². The number of aromatic nitrogens is 2. The van der Waals surface area contributed by atoms with Crippen molar-refractivity contribution in [3.05, 3.63) is 18.1 Å². The molecule has 2 rings (SSSR count). The number of anilines is 1. The van der Waals surface area contributed by atoms with Crippen molar-refractivity contribution in [2.75, 3.05) is 31.5 Å². The summed E-state index contributed by atoms with van der Waals surface area (Å²) in [5.74, 6) is 0.902. The van der Waals surface area contributed by atoms with Crippen LogP contribution in [0.25, 0.3) is 0 Å². The maximum absolute atomic E-state index is 12.3. The second-order valence-corrected chi connectivity index (χ2v) is 5.11. The quantitative estimate of drug-likeness (QED) is 0.921. The first-order valence-electron chi connectivity index (χ1n) is 6.71. The van der Waals surface area contributed by atoms with Gasteiger partial charge in [-0.15, -0.1) is 0 Å². The van der Waals surface area contributed by atoms with Gasteiger partial charge in [0.1, 0.15) is 11.9 Å². The molecule has 0 atom stereocenters. The Balaban J connectivity index is 1.72. The van der Waals surface area contributed by atoms with E-state index in [2.05, 4.69) is 15.3 Å². The molecule has 5 nitrogen and oxygen atoms in total. The minimum absolute atomic E-state index is 0.251. The molecule has 0 radical (unpaired) electrons. The van der Waals surface area contributed by atoms with Gasteiger partial charge in [0.25, 0.3) is 0 Å². The molecule has 114 valence electrons. The topological polar surface area (TPSA) is 64.8 Å². The van der Waals surface area contributed by atoms with Crippen LogP contribution in [0.4, 0.5) is 19.0 Å². The van der Waals surface area contributed by atoms with Crippen LogP contribution >= 0.6 is 0 Å². The normalized spacial score (nSPS) is 17.4. The van der Waals surface area contributed by atoms with Crippen molar-refractivity contribution < 1.29 is 13.2 Å². The van der Waals surface area contributed by atoms with Crippen LogP contribution in [-0.4, -0.2) is 47.2 Å². The molecule has 1 aliphatic rings. The van der Waals surface area contributed by atoms with Crippen LogP contribution in [0.3, 0.4) is 0 Å². The summed E-state index contributed by atoms with van der Waals surface area (Å²) < 4.78 is 36.8. The van der Waals surface area contributed by atoms with E-state index >= 15 is 0 Å². The molecule has 2 heterocycles. The van der Waals surface area contributed by atoms with E-state index in [0.717, 1.165) is 12.8 Å². The molecule has 1 N–H and O–H groups in total. The second kappa shape index (κ2) is 6.72. The fourth-order valence-electron chi connectivity index (χ4n) is 2.33. The van der Waals surface area contributed by atoms with Gasteiger partial charge in [0.05, 0.1) is 18.9 Å². The van der Waals surface area contributed by atoms with Crippen LogP contribution in [0.5, 0.6) is 0 Å². The molecule has 0 amide bonds. The van der Waals surface area contributed by atoms with E-state index < -0.39 is 12.7 Å². The van der Waals surface area contributed by atoms with E-state index in [1.807, 2.05) is 6.07 Å². The van der Waals surface area contributed by atoms with Crippen LogP contribution < -0.4 is 5.32 Å². The van der Waals surface area contributed by atoms with Gasteiger partial charge in [-0.2, -0.15) is 18.4 Å². The van der Waals surface area contributed by atoms with Crippen molar-refractivity contribution in [2.45, 2.75) is 19.0 Å². The molecule has 1 aromatic rings. The van der Waals surface area contributed by atoms with Crippen LogP contribution in [-0.2, 0) is 0 Å². The maximum atomic E-state index is 12.3. The lowest BCUT2D eigenvalue weighted by Gasteiger charge is -2.32. The van der Waals surface area contributed by atoms with E-state index in [4.69, 9.17) is 5.26 Å². The summed E-state index contributed by atoms with van der Waals surface area (Å²) >= 11 is 0. The van der Waals surface area contributed by atoms with Gasteiger partial charge in [0.2, 0.25) is 0 Å². The summed E-state index contributed by atoms with van der Waals surface area (Å²) in [6.07, 6.45) is 0.203. The van der Waals surface area contributed by atoms with Gasteiger partial charge in [-0.25, -0.2) is 9.97 Å². The summed E-state index contributed by atoms with van der Waals surface area (Å²) in [6, 6.07) is 1.88. The molecule has 0 saturated carbocycles. The lowest BCUT2D eigenvalue weighted by atomic mass is 9.97. The van der Waals surface area contributed by atoms with Gasteiger partial charge in [0.15, 0.2) is 5.69 Å². The molecule has 1 saturated heterocycles. The molecule has 0 unspecified atom stereocenters. The summed E-state index contributed by atoms with van der Waals surface area (Å²) in [6.45, 7) is 0.754. The first-order valence-corrected chi connectivity index (χ1v) is 6.71. The van der Waals surface area contributed by atoms with Gasteiger partial charge in [0, 0.05) is 6.54 Å². The second-order valence-electron chi connectivity index (χ2n) is 5.11. The highest BCUT2D eigenvalue weighted by atomic mass is 19.4. The van der Waals surface area contributed by atoms with Crippen molar-refractivity contribution in [3.8, 4) is 6.07 Å². The number of piperidine rings is 1. The number of nitrogens with one attached hydrogen (secondary N) is 1. The van der Waals surface area contributed by atoms with Crippen molar-refractivity contribution in [1.29, 1.82) is 5.26 Å². The monoisotopic (exact) mass is 299 g/mol. The Hall–Kier alpha value is -1.88. The fraction of sp³-hybridized carbons (Fsp3) is 0.615. The third kappa shape index (κ3) is 5.19. The number of nitrogens with zero attached hydrogens (tertiary/aromatic N) is 4. The summed E-state index contributed by atoms with van der Waals surface area (Å²) in [4.78, 5) is 9.38. The van der Waals surface area contributed by atoms with Crippen molar-refractivity contribution in [2.24, 2.45) is 5.92 Å². The van der Waals surface area contributed by atoms with Gasteiger partial charge in [-0.3, -0.25) is 4.90 Å². The largest absolute Gasteiger partial charge is 0.401 e. The van der Waals surface area contributed by atoms with Crippen molar-refractivity contribution in [1.82, 2.24) is 14.9 Å². The van der Waals surface area contributed by atoms with Crippen LogP contribution in [0.1, 0.15) is 18.5 Å². The highest BCUT2D eigenvalue weighted by molar-refractivity contribution is 5.33. The average Bonchev–Trinajstić information content (AvgIpc) is 2.45. The molecule has 0 aliphatic carbocycles. The lowest BCUT2D eigenvalue weighted by molar-refractivity contribution is -0.148. The van der Waals surface area contributed by atoms with Crippen LogP contribution in [0.15, 0.2) is 12.4 Å². The smallest absolute Gasteiger partial charge is 0.369 e. The summed E-state index contributed by atoms with van der Waals surface area (Å²) in [5.41, 5.74) is 0.251. The fourth-order valence-corrected chi connectivity index (χ4v) is 2.33. The Bertz CT molecular complexity index is 486. The van der Waals surface area contributed by atoms with E-state index in [1.165, 1.54) is 17.3 Å². The number of hydrogen-bond acceptors (Lipinski definition) is 5. The van der Waals surface area contributed by atoms with Gasteiger partial charge in [-0.1, -0.05) is 0 Å². The highest BCUT2D eigenvalue weighted by Crippen LogP contribution is 2.22. The third-order valence-corrected chi connectivity index (χ3v) is 3.45. The van der Waals surface area contributed by atoms with Gasteiger partial charge in [-0.05, 0) is 31.8 Å². The molecular weight excluding hydrogens is 283 g/mol. The zero-order valence-electron chi connectivity index (χ0n) is 11.4. The molecule has 0 bridgehead atoms. The number of rotatable bonds is 4. The van der Waals surface area contributed by atoms with Crippen molar-refractivity contribution >= 4 is 5.82 Å².